The van der Waals surface area contributed by atoms with Crippen LogP contribution in [0.5, 0.6) is 0 Å². The number of carbonyl (C=O) groups excluding carboxylic acids is 1. The number of hydrogen-bond donors (Lipinski definition) is 0. The van der Waals surface area contributed by atoms with Crippen LogP contribution in [0.2, 0.25) is 0 Å². The van der Waals surface area contributed by atoms with Crippen molar-refractivity contribution >= 4 is 5.91 Å². The molecule has 136 valence electrons. The lowest BCUT2D eigenvalue weighted by molar-refractivity contribution is 0.0594. The minimum atomic E-state index is 0.00588. The predicted octanol–water partition coefficient (Wildman–Crippen LogP) is 1.08. The Bertz CT molecular complexity index is 1060. The van der Waals surface area contributed by atoms with Gasteiger partial charge in [0.2, 0.25) is 0 Å². The number of rotatable bonds is 2. The van der Waals surface area contributed by atoms with Crippen molar-refractivity contribution in [1.82, 2.24) is 29.7 Å². The molecule has 0 spiro atoms. The Morgan fingerprint density at radius 2 is 1.96 bits per heavy atom. The van der Waals surface area contributed by atoms with Crippen molar-refractivity contribution in [3.05, 3.63) is 70.4 Å². The lowest BCUT2D eigenvalue weighted by Crippen LogP contribution is -2.49. The van der Waals surface area contributed by atoms with Crippen LogP contribution in [0.1, 0.15) is 28.4 Å². The summed E-state index contributed by atoms with van der Waals surface area (Å²) in [5, 5.41) is 11.2. The van der Waals surface area contributed by atoms with Gasteiger partial charge in [-0.25, -0.2) is 4.68 Å². The number of likely N-dealkylation sites (tertiary alicyclic amines) is 1. The molecule has 0 saturated carbocycles. The van der Waals surface area contributed by atoms with E-state index in [4.69, 9.17) is 0 Å². The van der Waals surface area contributed by atoms with E-state index in [9.17, 15) is 9.59 Å². The van der Waals surface area contributed by atoms with Crippen LogP contribution in [-0.4, -0.2) is 48.7 Å². The van der Waals surface area contributed by atoms with E-state index < -0.39 is 0 Å². The number of carbonyl (C=O) groups is 1. The van der Waals surface area contributed by atoms with Crippen LogP contribution < -0.4 is 5.56 Å². The summed E-state index contributed by atoms with van der Waals surface area (Å²) in [6.07, 6.45) is 2.53. The highest BCUT2D eigenvalue weighted by atomic mass is 16.2. The second-order valence-corrected chi connectivity index (χ2v) is 7.21. The number of benzene rings is 1. The molecule has 2 aliphatic heterocycles. The first-order chi connectivity index (χ1) is 13.2. The second-order valence-electron chi connectivity index (χ2n) is 7.21. The van der Waals surface area contributed by atoms with Crippen molar-refractivity contribution in [2.45, 2.75) is 18.9 Å². The maximum Gasteiger partial charge on any atom is 0.253 e. The molecule has 2 bridgehead atoms. The molecule has 2 unspecified atom stereocenters. The molecular formula is C19H18N6O2. The van der Waals surface area contributed by atoms with E-state index in [-0.39, 0.29) is 17.4 Å². The zero-order valence-electron chi connectivity index (χ0n) is 14.6. The second kappa shape index (κ2) is 6.15. The van der Waals surface area contributed by atoms with Crippen molar-refractivity contribution in [2.24, 2.45) is 5.92 Å². The third-order valence-electron chi connectivity index (χ3n) is 5.47. The van der Waals surface area contributed by atoms with Gasteiger partial charge in [0.15, 0.2) is 0 Å². The van der Waals surface area contributed by atoms with Crippen LogP contribution in [0.3, 0.4) is 0 Å². The fourth-order valence-electron chi connectivity index (χ4n) is 4.31. The first-order valence-corrected chi connectivity index (χ1v) is 9.01. The summed E-state index contributed by atoms with van der Waals surface area (Å²) >= 11 is 0. The Hall–Kier alpha value is -3.29. The lowest BCUT2D eigenvalue weighted by atomic mass is 9.83. The number of tetrazole rings is 1. The van der Waals surface area contributed by atoms with Gasteiger partial charge in [0.25, 0.3) is 11.5 Å². The van der Waals surface area contributed by atoms with E-state index in [1.165, 1.54) is 11.0 Å². The van der Waals surface area contributed by atoms with E-state index >= 15 is 0 Å². The normalized spacial score (nSPS) is 21.0. The number of amides is 1. The molecule has 8 nitrogen and oxygen atoms in total. The molecule has 8 heteroatoms. The third-order valence-corrected chi connectivity index (χ3v) is 5.47. The number of pyridine rings is 1. The zero-order valence-corrected chi connectivity index (χ0v) is 14.6. The summed E-state index contributed by atoms with van der Waals surface area (Å²) in [5.74, 6) is 0.521. The highest BCUT2D eigenvalue weighted by Crippen LogP contribution is 2.35. The van der Waals surface area contributed by atoms with Crippen molar-refractivity contribution in [1.29, 1.82) is 0 Å². The van der Waals surface area contributed by atoms with Gasteiger partial charge in [0.05, 0.1) is 5.69 Å². The number of piperidine rings is 1. The van der Waals surface area contributed by atoms with Gasteiger partial charge < -0.3 is 9.47 Å². The zero-order chi connectivity index (χ0) is 18.4. The van der Waals surface area contributed by atoms with Crippen molar-refractivity contribution in [3.8, 4) is 5.69 Å². The fourth-order valence-corrected chi connectivity index (χ4v) is 4.31. The molecule has 0 radical (unpaired) electrons. The standard InChI is InChI=1S/C19H18N6O2/c26-18-6-2-5-17-15-7-13(10-24(17)18)9-23(11-15)19(27)14-3-1-4-16(8-14)25-12-20-21-22-25/h1-6,8,12-13,15H,7,9-11H2. The van der Waals surface area contributed by atoms with E-state index in [1.54, 1.807) is 6.07 Å². The minimum absolute atomic E-state index is 0.00588. The fraction of sp³-hybridized carbons (Fsp3) is 0.316. The topological polar surface area (TPSA) is 85.9 Å². The molecule has 1 amide bonds. The van der Waals surface area contributed by atoms with Crippen LogP contribution in [0.15, 0.2) is 53.6 Å². The van der Waals surface area contributed by atoms with Crippen molar-refractivity contribution < 1.29 is 4.79 Å². The smallest absolute Gasteiger partial charge is 0.253 e. The van der Waals surface area contributed by atoms with Crippen LogP contribution >= 0.6 is 0 Å². The average Bonchev–Trinajstić information content (AvgIpc) is 3.23. The van der Waals surface area contributed by atoms with Crippen molar-refractivity contribution in [2.75, 3.05) is 13.1 Å². The number of nitrogens with zero attached hydrogens (tertiary/aromatic N) is 6. The Labute approximate surface area is 155 Å². The van der Waals surface area contributed by atoms with Gasteiger partial charge in [-0.05, 0) is 47.0 Å². The Kier molecular flexibility index (Phi) is 3.63. The lowest BCUT2D eigenvalue weighted by Gasteiger charge is -2.42. The summed E-state index contributed by atoms with van der Waals surface area (Å²) in [5.41, 5.74) is 2.46. The van der Waals surface area contributed by atoms with Crippen molar-refractivity contribution in [3.63, 3.8) is 0 Å². The summed E-state index contributed by atoms with van der Waals surface area (Å²) < 4.78 is 3.41. The van der Waals surface area contributed by atoms with Gasteiger partial charge >= 0.3 is 0 Å². The summed E-state index contributed by atoms with van der Waals surface area (Å²) in [6, 6.07) is 12.8. The molecule has 3 aromatic rings. The quantitative estimate of drug-likeness (QED) is 0.681. The van der Waals surface area contributed by atoms with Gasteiger partial charge in [-0.2, -0.15) is 0 Å². The molecule has 1 fully saturated rings. The predicted molar refractivity (Wildman–Crippen MR) is 96.6 cm³/mol. The molecule has 5 rings (SSSR count). The SMILES string of the molecule is O=C(c1cccc(-n2cnnn2)c1)N1CC2CC(C1)c1cccc(=O)n1C2. The summed E-state index contributed by atoms with van der Waals surface area (Å²) in [6.45, 7) is 1.99. The molecule has 4 heterocycles. The maximum absolute atomic E-state index is 13.1. The van der Waals surface area contributed by atoms with Gasteiger partial charge in [0.1, 0.15) is 6.33 Å². The van der Waals surface area contributed by atoms with Crippen LogP contribution in [0.4, 0.5) is 0 Å². The van der Waals surface area contributed by atoms with Gasteiger partial charge in [0, 0.05) is 42.9 Å². The highest BCUT2D eigenvalue weighted by Gasteiger charge is 2.36. The molecule has 2 atom stereocenters. The van der Waals surface area contributed by atoms with Crippen LogP contribution in [0.25, 0.3) is 5.69 Å². The highest BCUT2D eigenvalue weighted by molar-refractivity contribution is 5.94. The minimum Gasteiger partial charge on any atom is -0.338 e. The molecule has 2 aliphatic rings. The van der Waals surface area contributed by atoms with E-state index in [2.05, 4.69) is 15.5 Å². The van der Waals surface area contributed by atoms with Crippen LogP contribution in [0, 0.1) is 5.92 Å². The Morgan fingerprint density at radius 3 is 2.81 bits per heavy atom. The van der Waals surface area contributed by atoms with E-state index in [0.29, 0.717) is 31.1 Å². The number of fused-ring (bicyclic) bond motifs is 4. The molecule has 2 aromatic heterocycles. The Morgan fingerprint density at radius 1 is 1.07 bits per heavy atom. The van der Waals surface area contributed by atoms with E-state index in [0.717, 1.165) is 17.8 Å². The van der Waals surface area contributed by atoms with Gasteiger partial charge in [-0.3, -0.25) is 9.59 Å². The largest absolute Gasteiger partial charge is 0.338 e. The van der Waals surface area contributed by atoms with Crippen LogP contribution in [-0.2, 0) is 6.54 Å². The first kappa shape index (κ1) is 15.9. The average molecular weight is 362 g/mol. The number of hydrogen-bond acceptors (Lipinski definition) is 5. The van der Waals surface area contributed by atoms with Gasteiger partial charge in [-0.15, -0.1) is 5.10 Å². The monoisotopic (exact) mass is 362 g/mol. The molecule has 27 heavy (non-hydrogen) atoms. The molecule has 1 saturated heterocycles. The maximum atomic E-state index is 13.1. The Balaban J connectivity index is 1.43. The van der Waals surface area contributed by atoms with E-state index in [1.807, 2.05) is 45.9 Å². The molecule has 1 aromatic carbocycles. The molecule has 0 N–H and O–H groups in total. The number of aromatic nitrogens is 5. The third kappa shape index (κ3) is 2.73. The first-order valence-electron chi connectivity index (χ1n) is 9.01. The van der Waals surface area contributed by atoms with Gasteiger partial charge in [-0.1, -0.05) is 12.1 Å². The summed E-state index contributed by atoms with van der Waals surface area (Å²) in [7, 11) is 0. The summed E-state index contributed by atoms with van der Waals surface area (Å²) in [4.78, 5) is 27.2. The molecule has 0 aliphatic carbocycles. The molecular weight excluding hydrogens is 344 g/mol.